The molecule has 4 rings (SSSR count). The van der Waals surface area contributed by atoms with Crippen LogP contribution in [0.15, 0.2) is 40.9 Å². The molecule has 1 N–H and O–H groups in total. The molecule has 1 saturated heterocycles. The molecular weight excluding hydrogens is 428 g/mol. The molecule has 1 atom stereocenters. The maximum atomic E-state index is 12.8. The van der Waals surface area contributed by atoms with Crippen molar-refractivity contribution in [1.29, 1.82) is 0 Å². The number of nitrogens with zero attached hydrogens (tertiary/aromatic N) is 3. The molecule has 1 fully saturated rings. The van der Waals surface area contributed by atoms with E-state index in [2.05, 4.69) is 40.0 Å². The molecule has 2 aromatic heterocycles. The maximum absolute atomic E-state index is 12.8. The van der Waals surface area contributed by atoms with E-state index in [1.807, 2.05) is 36.6 Å². The first kappa shape index (κ1) is 22.0. The van der Waals surface area contributed by atoms with Crippen LogP contribution in [0.3, 0.4) is 0 Å². The zero-order valence-corrected chi connectivity index (χ0v) is 19.8. The fourth-order valence-electron chi connectivity index (χ4n) is 3.79. The van der Waals surface area contributed by atoms with Crippen LogP contribution in [-0.2, 0) is 16.1 Å². The lowest BCUT2D eigenvalue weighted by atomic mass is 9.98. The predicted molar refractivity (Wildman–Crippen MR) is 127 cm³/mol. The summed E-state index contributed by atoms with van der Waals surface area (Å²) in [5, 5.41) is 14.7. The third-order valence-electron chi connectivity index (χ3n) is 5.39. The van der Waals surface area contributed by atoms with Crippen molar-refractivity contribution in [2.75, 3.05) is 17.7 Å². The summed E-state index contributed by atoms with van der Waals surface area (Å²) in [6, 6.07) is 10.2. The average molecular weight is 457 g/mol. The molecule has 0 aliphatic carbocycles. The number of hydrogen-bond donors (Lipinski definition) is 1. The van der Waals surface area contributed by atoms with Crippen LogP contribution in [-0.4, -0.2) is 39.1 Å². The van der Waals surface area contributed by atoms with E-state index in [1.165, 1.54) is 11.8 Å². The van der Waals surface area contributed by atoms with E-state index in [9.17, 15) is 4.79 Å². The molecule has 0 radical (unpaired) electrons. The van der Waals surface area contributed by atoms with E-state index >= 15 is 0 Å². The van der Waals surface area contributed by atoms with Crippen molar-refractivity contribution in [2.45, 2.75) is 57.3 Å². The number of carbonyl (C=O) groups is 1. The molecule has 8 heteroatoms. The lowest BCUT2D eigenvalue weighted by molar-refractivity contribution is -0.113. The first-order valence-corrected chi connectivity index (χ1v) is 12.5. The minimum absolute atomic E-state index is 0.0365. The molecule has 1 aliphatic rings. The SMILES string of the molecule is Cc1cccc(C(C)C)c1NC(=O)CSc1nnc(-c2cccs2)n1CC1CCCO1. The Morgan fingerprint density at radius 2 is 2.19 bits per heavy atom. The van der Waals surface area contributed by atoms with Gasteiger partial charge in [0.25, 0.3) is 0 Å². The first-order chi connectivity index (χ1) is 15.0. The van der Waals surface area contributed by atoms with Gasteiger partial charge in [0.15, 0.2) is 11.0 Å². The zero-order valence-electron chi connectivity index (χ0n) is 18.1. The Kier molecular flexibility index (Phi) is 7.09. The smallest absolute Gasteiger partial charge is 0.234 e. The van der Waals surface area contributed by atoms with Gasteiger partial charge in [0.2, 0.25) is 5.91 Å². The summed E-state index contributed by atoms with van der Waals surface area (Å²) in [7, 11) is 0. The van der Waals surface area contributed by atoms with E-state index in [4.69, 9.17) is 4.74 Å². The summed E-state index contributed by atoms with van der Waals surface area (Å²) in [5.41, 5.74) is 3.15. The summed E-state index contributed by atoms with van der Waals surface area (Å²) < 4.78 is 7.95. The molecule has 164 valence electrons. The fraction of sp³-hybridized carbons (Fsp3) is 0.435. The lowest BCUT2D eigenvalue weighted by Crippen LogP contribution is -2.19. The minimum atomic E-state index is -0.0365. The predicted octanol–water partition coefficient (Wildman–Crippen LogP) is 5.35. The molecule has 0 spiro atoms. The number of anilines is 1. The van der Waals surface area contributed by atoms with Gasteiger partial charge < -0.3 is 10.1 Å². The van der Waals surface area contributed by atoms with Gasteiger partial charge in [-0.15, -0.1) is 21.5 Å². The van der Waals surface area contributed by atoms with Crippen molar-refractivity contribution < 1.29 is 9.53 Å². The summed E-state index contributed by atoms with van der Waals surface area (Å²) in [6.45, 7) is 7.82. The molecule has 1 unspecified atom stereocenters. The van der Waals surface area contributed by atoms with Crippen LogP contribution in [0.1, 0.15) is 43.7 Å². The normalized spacial score (nSPS) is 16.2. The van der Waals surface area contributed by atoms with E-state index in [0.717, 1.165) is 52.1 Å². The van der Waals surface area contributed by atoms with Crippen LogP contribution in [0.4, 0.5) is 5.69 Å². The second-order valence-corrected chi connectivity index (χ2v) is 9.95. The molecule has 1 aliphatic heterocycles. The Morgan fingerprint density at radius 1 is 1.32 bits per heavy atom. The molecule has 31 heavy (non-hydrogen) atoms. The highest BCUT2D eigenvalue weighted by Gasteiger charge is 2.23. The largest absolute Gasteiger partial charge is 0.376 e. The average Bonchev–Trinajstić information content (AvgIpc) is 3.50. The van der Waals surface area contributed by atoms with Gasteiger partial charge in [-0.3, -0.25) is 9.36 Å². The highest BCUT2D eigenvalue weighted by atomic mass is 32.2. The summed E-state index contributed by atoms with van der Waals surface area (Å²) in [6.07, 6.45) is 2.29. The molecule has 1 aromatic carbocycles. The second-order valence-electron chi connectivity index (χ2n) is 8.06. The van der Waals surface area contributed by atoms with Crippen LogP contribution in [0.25, 0.3) is 10.7 Å². The van der Waals surface area contributed by atoms with Crippen molar-refractivity contribution in [1.82, 2.24) is 14.8 Å². The fourth-order valence-corrected chi connectivity index (χ4v) is 5.25. The van der Waals surface area contributed by atoms with Crippen LogP contribution in [0.5, 0.6) is 0 Å². The number of carbonyl (C=O) groups excluding carboxylic acids is 1. The van der Waals surface area contributed by atoms with Gasteiger partial charge in [0.1, 0.15) is 0 Å². The Morgan fingerprint density at radius 3 is 2.90 bits per heavy atom. The van der Waals surface area contributed by atoms with Gasteiger partial charge in [-0.25, -0.2) is 0 Å². The molecule has 0 saturated carbocycles. The van der Waals surface area contributed by atoms with Gasteiger partial charge >= 0.3 is 0 Å². The summed E-state index contributed by atoms with van der Waals surface area (Å²) in [5.74, 6) is 1.42. The molecule has 6 nitrogen and oxygen atoms in total. The first-order valence-electron chi connectivity index (χ1n) is 10.6. The Hall–Kier alpha value is -2.16. The molecule has 3 aromatic rings. The van der Waals surface area contributed by atoms with Crippen LogP contribution in [0, 0.1) is 6.92 Å². The van der Waals surface area contributed by atoms with E-state index < -0.39 is 0 Å². The Balaban J connectivity index is 1.49. The zero-order chi connectivity index (χ0) is 21.8. The number of benzene rings is 1. The van der Waals surface area contributed by atoms with E-state index in [1.54, 1.807) is 11.3 Å². The second kappa shape index (κ2) is 9.97. The van der Waals surface area contributed by atoms with Crippen molar-refractivity contribution in [3.05, 3.63) is 46.8 Å². The molecular formula is C23H28N4O2S2. The highest BCUT2D eigenvalue weighted by Crippen LogP contribution is 2.30. The van der Waals surface area contributed by atoms with Crippen LogP contribution < -0.4 is 5.32 Å². The van der Waals surface area contributed by atoms with Gasteiger partial charge in [0.05, 0.1) is 23.3 Å². The number of thiophene rings is 1. The number of para-hydroxylation sites is 1. The summed E-state index contributed by atoms with van der Waals surface area (Å²) in [4.78, 5) is 13.9. The number of hydrogen-bond acceptors (Lipinski definition) is 6. The molecule has 3 heterocycles. The standard InChI is InChI=1S/C23H28N4O2S2/c1-15(2)18-9-4-7-16(3)21(18)24-20(28)14-31-23-26-25-22(19-10-6-12-30-19)27(23)13-17-8-5-11-29-17/h4,6-7,9-10,12,15,17H,5,8,11,13-14H2,1-3H3,(H,24,28). The quantitative estimate of drug-likeness (QED) is 0.463. The monoisotopic (exact) mass is 456 g/mol. The number of thioether (sulfide) groups is 1. The number of rotatable bonds is 8. The van der Waals surface area contributed by atoms with Gasteiger partial charge in [0, 0.05) is 12.3 Å². The number of amides is 1. The summed E-state index contributed by atoms with van der Waals surface area (Å²) >= 11 is 3.06. The number of aryl methyl sites for hydroxylation is 1. The van der Waals surface area contributed by atoms with Crippen molar-refractivity contribution in [3.63, 3.8) is 0 Å². The van der Waals surface area contributed by atoms with Crippen molar-refractivity contribution >= 4 is 34.7 Å². The third kappa shape index (κ3) is 5.19. The maximum Gasteiger partial charge on any atom is 0.234 e. The molecule has 1 amide bonds. The molecule has 0 bridgehead atoms. The van der Waals surface area contributed by atoms with Gasteiger partial charge in [-0.2, -0.15) is 0 Å². The third-order valence-corrected chi connectivity index (χ3v) is 7.22. The highest BCUT2D eigenvalue weighted by molar-refractivity contribution is 7.99. The van der Waals surface area contributed by atoms with Crippen molar-refractivity contribution in [3.8, 4) is 10.7 Å². The van der Waals surface area contributed by atoms with Gasteiger partial charge in [-0.1, -0.05) is 49.9 Å². The van der Waals surface area contributed by atoms with E-state index in [0.29, 0.717) is 12.5 Å². The van der Waals surface area contributed by atoms with Crippen LogP contribution >= 0.6 is 23.1 Å². The topological polar surface area (TPSA) is 69.0 Å². The minimum Gasteiger partial charge on any atom is -0.376 e. The number of aromatic nitrogens is 3. The van der Waals surface area contributed by atoms with Gasteiger partial charge in [-0.05, 0) is 48.3 Å². The van der Waals surface area contributed by atoms with Crippen LogP contribution in [0.2, 0.25) is 0 Å². The van der Waals surface area contributed by atoms with Crippen molar-refractivity contribution in [2.24, 2.45) is 0 Å². The lowest BCUT2D eigenvalue weighted by Gasteiger charge is -2.17. The Labute approximate surface area is 191 Å². The van der Waals surface area contributed by atoms with E-state index in [-0.39, 0.29) is 17.8 Å². The number of nitrogens with one attached hydrogen (secondary N) is 1. The number of ether oxygens (including phenoxy) is 1. The Bertz CT molecular complexity index is 1020.